The number of nitrogens with zero attached hydrogens (tertiary/aromatic N) is 1. The Balaban J connectivity index is 1.69. The van der Waals surface area contributed by atoms with Gasteiger partial charge >= 0.3 is 6.03 Å². The number of nitrogens with one attached hydrogen (secondary N) is 1. The van der Waals surface area contributed by atoms with Gasteiger partial charge in [0, 0.05) is 5.56 Å². The lowest BCUT2D eigenvalue weighted by atomic mass is 10.0. The molecule has 1 aliphatic heterocycles. The van der Waals surface area contributed by atoms with Gasteiger partial charge in [0.15, 0.2) is 11.5 Å². The van der Waals surface area contributed by atoms with Crippen molar-refractivity contribution >= 4 is 29.6 Å². The summed E-state index contributed by atoms with van der Waals surface area (Å²) in [6.07, 6.45) is 4.49. The average Bonchev–Trinajstić information content (AvgIpc) is 2.91. The van der Waals surface area contributed by atoms with Crippen LogP contribution in [0.25, 0.3) is 6.08 Å². The molecule has 4 amide bonds. The molecule has 3 aromatic carbocycles. The SMILES string of the molecule is C=CCc1cc(/C=C2/C(=O)NC(=O)N(c3ccc(CC)cc3)C2=O)cc(OC)c1OCc1ccccc1. The fourth-order valence-electron chi connectivity index (χ4n) is 4.06. The molecular weight excluding hydrogens is 468 g/mol. The third-order valence-corrected chi connectivity index (χ3v) is 5.98. The fourth-order valence-corrected chi connectivity index (χ4v) is 4.06. The number of methoxy groups -OCH3 is 1. The smallest absolute Gasteiger partial charge is 0.335 e. The molecule has 188 valence electrons. The summed E-state index contributed by atoms with van der Waals surface area (Å²) in [4.78, 5) is 39.5. The molecule has 0 spiro atoms. The third-order valence-electron chi connectivity index (χ3n) is 5.98. The van der Waals surface area contributed by atoms with Crippen LogP contribution in [0.2, 0.25) is 0 Å². The highest BCUT2D eigenvalue weighted by Crippen LogP contribution is 2.35. The molecule has 1 fully saturated rings. The van der Waals surface area contributed by atoms with Gasteiger partial charge in [-0.2, -0.15) is 0 Å². The summed E-state index contributed by atoms with van der Waals surface area (Å²) in [5.41, 5.74) is 3.62. The molecule has 1 saturated heterocycles. The van der Waals surface area contributed by atoms with Crippen molar-refractivity contribution < 1.29 is 23.9 Å². The molecule has 3 aromatic rings. The van der Waals surface area contributed by atoms with Crippen molar-refractivity contribution in [1.29, 1.82) is 0 Å². The standard InChI is InChI=1S/C30H28N2O5/c1-4-9-23-16-22(18-26(36-3)27(23)37-19-21-10-7-6-8-11-21)17-25-28(33)31-30(35)32(29(25)34)24-14-12-20(5-2)13-15-24/h4,6-8,10-18H,1,5,9,19H2,2-3H3,(H,31,33,35)/b25-17-. The number of rotatable bonds is 9. The zero-order valence-electron chi connectivity index (χ0n) is 20.8. The van der Waals surface area contributed by atoms with Crippen molar-refractivity contribution in [2.45, 2.75) is 26.4 Å². The van der Waals surface area contributed by atoms with Gasteiger partial charge in [-0.1, -0.05) is 55.5 Å². The Morgan fingerprint density at radius 2 is 1.70 bits per heavy atom. The molecule has 4 rings (SSSR count). The van der Waals surface area contributed by atoms with Crippen LogP contribution in [0.1, 0.15) is 29.2 Å². The monoisotopic (exact) mass is 496 g/mol. The van der Waals surface area contributed by atoms with E-state index in [0.717, 1.165) is 28.0 Å². The number of aryl methyl sites for hydroxylation is 1. The summed E-state index contributed by atoms with van der Waals surface area (Å²) in [6, 6.07) is 19.5. The van der Waals surface area contributed by atoms with Crippen LogP contribution < -0.4 is 19.7 Å². The number of barbiturate groups is 1. The van der Waals surface area contributed by atoms with E-state index < -0.39 is 17.8 Å². The summed E-state index contributed by atoms with van der Waals surface area (Å²) in [5, 5.41) is 2.26. The van der Waals surface area contributed by atoms with Crippen molar-refractivity contribution in [2.24, 2.45) is 0 Å². The van der Waals surface area contributed by atoms with E-state index in [2.05, 4.69) is 11.9 Å². The maximum atomic E-state index is 13.3. The van der Waals surface area contributed by atoms with Crippen LogP contribution in [0, 0.1) is 0 Å². The summed E-state index contributed by atoms with van der Waals surface area (Å²) in [7, 11) is 1.53. The Kier molecular flexibility index (Phi) is 7.83. The molecule has 1 N–H and O–H groups in total. The Labute approximate surface area is 216 Å². The minimum atomic E-state index is -0.786. The first kappa shape index (κ1) is 25.4. The summed E-state index contributed by atoms with van der Waals surface area (Å²) < 4.78 is 11.7. The molecule has 0 atom stereocenters. The first-order chi connectivity index (χ1) is 17.9. The normalized spacial score (nSPS) is 14.5. The first-order valence-corrected chi connectivity index (χ1v) is 11.9. The number of carbonyl (C=O) groups excluding carboxylic acids is 3. The van der Waals surface area contributed by atoms with Gasteiger partial charge in [-0.25, -0.2) is 9.69 Å². The van der Waals surface area contributed by atoms with Crippen LogP contribution in [0.4, 0.5) is 10.5 Å². The average molecular weight is 497 g/mol. The van der Waals surface area contributed by atoms with E-state index in [4.69, 9.17) is 9.47 Å². The van der Waals surface area contributed by atoms with E-state index in [1.807, 2.05) is 55.5 Å². The largest absolute Gasteiger partial charge is 0.493 e. The van der Waals surface area contributed by atoms with Gasteiger partial charge in [0.05, 0.1) is 12.8 Å². The van der Waals surface area contributed by atoms with Gasteiger partial charge in [0.2, 0.25) is 0 Å². The number of hydrogen-bond acceptors (Lipinski definition) is 5. The number of ether oxygens (including phenoxy) is 2. The number of urea groups is 1. The molecule has 1 heterocycles. The topological polar surface area (TPSA) is 84.9 Å². The zero-order valence-corrected chi connectivity index (χ0v) is 20.8. The van der Waals surface area contributed by atoms with Crippen LogP contribution in [-0.2, 0) is 29.0 Å². The van der Waals surface area contributed by atoms with E-state index in [0.29, 0.717) is 35.8 Å². The van der Waals surface area contributed by atoms with Gasteiger partial charge in [-0.05, 0) is 59.9 Å². The van der Waals surface area contributed by atoms with E-state index >= 15 is 0 Å². The van der Waals surface area contributed by atoms with E-state index in [-0.39, 0.29) is 5.57 Å². The predicted molar refractivity (Wildman–Crippen MR) is 142 cm³/mol. The van der Waals surface area contributed by atoms with Crippen LogP contribution >= 0.6 is 0 Å². The quantitative estimate of drug-likeness (QED) is 0.249. The molecule has 0 saturated carbocycles. The maximum absolute atomic E-state index is 13.3. The number of hydrogen-bond donors (Lipinski definition) is 1. The highest BCUT2D eigenvalue weighted by atomic mass is 16.5. The van der Waals surface area contributed by atoms with Crippen molar-refractivity contribution in [1.82, 2.24) is 5.32 Å². The Bertz CT molecular complexity index is 1360. The van der Waals surface area contributed by atoms with Crippen molar-refractivity contribution in [3.8, 4) is 11.5 Å². The Hall–Kier alpha value is -4.65. The molecule has 37 heavy (non-hydrogen) atoms. The minimum Gasteiger partial charge on any atom is -0.493 e. The van der Waals surface area contributed by atoms with Crippen molar-refractivity contribution in [3.63, 3.8) is 0 Å². The second-order valence-electron chi connectivity index (χ2n) is 8.46. The number of allylic oxidation sites excluding steroid dienone is 1. The molecule has 0 aliphatic carbocycles. The van der Waals surface area contributed by atoms with Gasteiger partial charge in [0.1, 0.15) is 12.2 Å². The van der Waals surface area contributed by atoms with Crippen molar-refractivity contribution in [2.75, 3.05) is 12.0 Å². The second-order valence-corrected chi connectivity index (χ2v) is 8.46. The maximum Gasteiger partial charge on any atom is 0.335 e. The van der Waals surface area contributed by atoms with Crippen LogP contribution in [0.5, 0.6) is 11.5 Å². The molecule has 0 bridgehead atoms. The third kappa shape index (κ3) is 5.62. The molecule has 0 aromatic heterocycles. The zero-order chi connectivity index (χ0) is 26.4. The van der Waals surface area contributed by atoms with Gasteiger partial charge in [-0.15, -0.1) is 6.58 Å². The number of anilines is 1. The number of carbonyl (C=O) groups is 3. The Morgan fingerprint density at radius 3 is 2.35 bits per heavy atom. The van der Waals surface area contributed by atoms with E-state index in [1.54, 1.807) is 24.3 Å². The number of amides is 4. The van der Waals surface area contributed by atoms with E-state index in [9.17, 15) is 14.4 Å². The van der Waals surface area contributed by atoms with Crippen LogP contribution in [0.3, 0.4) is 0 Å². The first-order valence-electron chi connectivity index (χ1n) is 11.9. The lowest BCUT2D eigenvalue weighted by Crippen LogP contribution is -2.54. The van der Waals surface area contributed by atoms with Gasteiger partial charge < -0.3 is 9.47 Å². The predicted octanol–water partition coefficient (Wildman–Crippen LogP) is 5.23. The molecular formula is C30H28N2O5. The summed E-state index contributed by atoms with van der Waals surface area (Å²) in [5.74, 6) is -0.453. The Morgan fingerprint density at radius 1 is 0.973 bits per heavy atom. The fraction of sp³-hybridized carbons (Fsp3) is 0.167. The molecule has 0 radical (unpaired) electrons. The number of benzene rings is 3. The van der Waals surface area contributed by atoms with Gasteiger partial charge in [0.25, 0.3) is 11.8 Å². The summed E-state index contributed by atoms with van der Waals surface area (Å²) >= 11 is 0. The summed E-state index contributed by atoms with van der Waals surface area (Å²) in [6.45, 7) is 6.19. The number of imide groups is 2. The second kappa shape index (κ2) is 11.4. The highest BCUT2D eigenvalue weighted by Gasteiger charge is 2.36. The minimum absolute atomic E-state index is 0.163. The van der Waals surface area contributed by atoms with E-state index in [1.165, 1.54) is 13.2 Å². The molecule has 7 heteroatoms. The molecule has 0 unspecified atom stereocenters. The van der Waals surface area contributed by atoms with Crippen molar-refractivity contribution in [3.05, 3.63) is 107 Å². The molecule has 7 nitrogen and oxygen atoms in total. The highest BCUT2D eigenvalue weighted by molar-refractivity contribution is 6.39. The van der Waals surface area contributed by atoms with Crippen LogP contribution in [0.15, 0.2) is 85.0 Å². The van der Waals surface area contributed by atoms with Gasteiger partial charge in [-0.3, -0.25) is 14.9 Å². The molecule has 1 aliphatic rings. The van der Waals surface area contributed by atoms with Crippen LogP contribution in [-0.4, -0.2) is 25.0 Å². The lowest BCUT2D eigenvalue weighted by molar-refractivity contribution is -0.122. The lowest BCUT2D eigenvalue weighted by Gasteiger charge is -2.26.